The first-order valence-corrected chi connectivity index (χ1v) is 9.77. The number of nitrogens with one attached hydrogen (secondary N) is 2. The summed E-state index contributed by atoms with van der Waals surface area (Å²) >= 11 is 1.52. The minimum atomic E-state index is -0.827. The highest BCUT2D eigenvalue weighted by Crippen LogP contribution is 2.38. The van der Waals surface area contributed by atoms with Gasteiger partial charge in [0, 0.05) is 4.90 Å². The zero-order valence-electron chi connectivity index (χ0n) is 14.5. The molecule has 1 saturated carbocycles. The lowest BCUT2D eigenvalue weighted by atomic mass is 9.73. The van der Waals surface area contributed by atoms with Crippen molar-refractivity contribution >= 4 is 35.3 Å². The van der Waals surface area contributed by atoms with E-state index in [1.54, 1.807) is 6.07 Å². The number of thioether (sulfide) groups is 1. The second-order valence-electron chi connectivity index (χ2n) is 6.69. The fourth-order valence-corrected chi connectivity index (χ4v) is 4.27. The molecule has 0 radical (unpaired) electrons. The van der Waals surface area contributed by atoms with Gasteiger partial charge in [-0.25, -0.2) is 4.79 Å². The van der Waals surface area contributed by atoms with Gasteiger partial charge in [0.1, 0.15) is 12.1 Å². The molecule has 1 heterocycles. The second-order valence-corrected chi connectivity index (χ2v) is 7.54. The molecule has 2 fully saturated rings. The summed E-state index contributed by atoms with van der Waals surface area (Å²) < 4.78 is 0. The molecule has 1 aromatic rings. The fourth-order valence-electron chi connectivity index (χ4n) is 3.72. The Morgan fingerprint density at radius 3 is 2.84 bits per heavy atom. The van der Waals surface area contributed by atoms with Crippen molar-refractivity contribution in [2.45, 2.75) is 43.0 Å². The molecule has 4 amide bonds. The highest BCUT2D eigenvalue weighted by molar-refractivity contribution is 7.98. The number of nitrogens with zero attached hydrogens (tertiary/aromatic N) is 1. The molecule has 1 aliphatic carbocycles. The third kappa shape index (κ3) is 3.25. The summed E-state index contributed by atoms with van der Waals surface area (Å²) in [5.41, 5.74) is -0.139. The SMILES string of the molecule is CSc1ccccc1NC(=O)CN1C(=O)NC2(CCCCC2C)C1=O. The standard InChI is InChI=1S/C18H23N3O3S/c1-12-7-5-6-10-18(12)16(23)21(17(24)20-18)11-15(22)19-13-8-3-4-9-14(13)25-2/h3-4,8-9,12H,5-7,10-11H2,1-2H3,(H,19,22)(H,20,24). The van der Waals surface area contributed by atoms with E-state index in [0.29, 0.717) is 12.1 Å². The largest absolute Gasteiger partial charge is 0.325 e. The molecule has 1 spiro atoms. The summed E-state index contributed by atoms with van der Waals surface area (Å²) in [6.45, 7) is 1.73. The van der Waals surface area contributed by atoms with Gasteiger partial charge in [-0.1, -0.05) is 31.9 Å². The van der Waals surface area contributed by atoms with Crippen LogP contribution in [0.2, 0.25) is 0 Å². The summed E-state index contributed by atoms with van der Waals surface area (Å²) in [6.07, 6.45) is 5.46. The number of anilines is 1. The lowest BCUT2D eigenvalue weighted by molar-refractivity contribution is -0.136. The van der Waals surface area contributed by atoms with Crippen LogP contribution in [0.25, 0.3) is 0 Å². The Morgan fingerprint density at radius 2 is 2.12 bits per heavy atom. The Hall–Kier alpha value is -2.02. The van der Waals surface area contributed by atoms with Gasteiger partial charge in [0.2, 0.25) is 5.91 Å². The number of hydrogen-bond donors (Lipinski definition) is 2. The number of imide groups is 1. The predicted molar refractivity (Wildman–Crippen MR) is 97.5 cm³/mol. The van der Waals surface area contributed by atoms with Gasteiger partial charge < -0.3 is 10.6 Å². The molecular weight excluding hydrogens is 338 g/mol. The quantitative estimate of drug-likeness (QED) is 0.638. The molecule has 2 N–H and O–H groups in total. The van der Waals surface area contributed by atoms with E-state index in [4.69, 9.17) is 0 Å². The molecule has 1 aliphatic heterocycles. The van der Waals surface area contributed by atoms with Crippen LogP contribution in [0.15, 0.2) is 29.2 Å². The van der Waals surface area contributed by atoms with Gasteiger partial charge in [-0.2, -0.15) is 0 Å². The Labute approximate surface area is 151 Å². The molecule has 3 rings (SSSR count). The maximum absolute atomic E-state index is 12.9. The summed E-state index contributed by atoms with van der Waals surface area (Å²) in [6, 6.07) is 6.98. The van der Waals surface area contributed by atoms with E-state index in [-0.39, 0.29) is 24.3 Å². The molecule has 0 bridgehead atoms. The van der Waals surface area contributed by atoms with Crippen molar-refractivity contribution in [3.63, 3.8) is 0 Å². The van der Waals surface area contributed by atoms with Crippen LogP contribution in [-0.4, -0.2) is 41.1 Å². The summed E-state index contributed by atoms with van der Waals surface area (Å²) in [5.74, 6) is -0.550. The van der Waals surface area contributed by atoms with Gasteiger partial charge >= 0.3 is 6.03 Å². The molecule has 134 valence electrons. The van der Waals surface area contributed by atoms with Crippen molar-refractivity contribution in [3.05, 3.63) is 24.3 Å². The van der Waals surface area contributed by atoms with Crippen LogP contribution in [0, 0.1) is 5.92 Å². The highest BCUT2D eigenvalue weighted by atomic mass is 32.2. The predicted octanol–water partition coefficient (Wildman–Crippen LogP) is 2.85. The number of carbonyl (C=O) groups excluding carboxylic acids is 3. The van der Waals surface area contributed by atoms with Gasteiger partial charge in [0.25, 0.3) is 5.91 Å². The van der Waals surface area contributed by atoms with Gasteiger partial charge in [0.05, 0.1) is 5.69 Å². The molecule has 25 heavy (non-hydrogen) atoms. The van der Waals surface area contributed by atoms with Crippen LogP contribution in [0.3, 0.4) is 0 Å². The monoisotopic (exact) mass is 361 g/mol. The third-order valence-corrected chi connectivity index (χ3v) is 5.98. The summed E-state index contributed by atoms with van der Waals surface area (Å²) in [5, 5.41) is 5.66. The molecular formula is C18H23N3O3S. The number of rotatable bonds is 4. The first-order chi connectivity index (χ1) is 12.0. The van der Waals surface area contributed by atoms with Crippen molar-refractivity contribution in [2.75, 3.05) is 18.1 Å². The Bertz CT molecular complexity index is 709. The van der Waals surface area contributed by atoms with E-state index in [9.17, 15) is 14.4 Å². The molecule has 6 nitrogen and oxygen atoms in total. The maximum atomic E-state index is 12.9. The van der Waals surface area contributed by atoms with Gasteiger partial charge in [-0.15, -0.1) is 11.8 Å². The first kappa shape index (κ1) is 17.8. The van der Waals surface area contributed by atoms with Crippen LogP contribution in [0.4, 0.5) is 10.5 Å². The van der Waals surface area contributed by atoms with Gasteiger partial charge in [-0.3, -0.25) is 14.5 Å². The molecule has 0 aromatic heterocycles. The first-order valence-electron chi connectivity index (χ1n) is 8.55. The topological polar surface area (TPSA) is 78.5 Å². The minimum absolute atomic E-state index is 0.0861. The normalized spacial score (nSPS) is 26.0. The summed E-state index contributed by atoms with van der Waals surface area (Å²) in [4.78, 5) is 39.6. The summed E-state index contributed by atoms with van der Waals surface area (Å²) in [7, 11) is 0. The van der Waals surface area contributed by atoms with Crippen molar-refractivity contribution < 1.29 is 14.4 Å². The lowest BCUT2D eigenvalue weighted by Gasteiger charge is -2.36. The number of para-hydroxylation sites is 1. The average Bonchev–Trinajstić information content (AvgIpc) is 2.83. The van der Waals surface area contributed by atoms with Crippen LogP contribution < -0.4 is 10.6 Å². The van der Waals surface area contributed by atoms with Crippen LogP contribution in [0.1, 0.15) is 32.6 Å². The fraction of sp³-hybridized carbons (Fsp3) is 0.500. The molecule has 1 saturated heterocycles. The molecule has 1 aromatic carbocycles. The van der Waals surface area contributed by atoms with Crippen molar-refractivity contribution in [1.82, 2.24) is 10.2 Å². The maximum Gasteiger partial charge on any atom is 0.325 e. The zero-order chi connectivity index (χ0) is 18.0. The molecule has 2 unspecified atom stereocenters. The van der Waals surface area contributed by atoms with Crippen LogP contribution >= 0.6 is 11.8 Å². The van der Waals surface area contributed by atoms with Crippen molar-refractivity contribution in [3.8, 4) is 0 Å². The van der Waals surface area contributed by atoms with E-state index in [2.05, 4.69) is 10.6 Å². The zero-order valence-corrected chi connectivity index (χ0v) is 15.3. The van der Waals surface area contributed by atoms with E-state index in [0.717, 1.165) is 29.1 Å². The number of benzene rings is 1. The highest BCUT2D eigenvalue weighted by Gasteiger charge is 2.55. The second kappa shape index (κ2) is 7.07. The third-order valence-electron chi connectivity index (χ3n) is 5.18. The molecule has 2 aliphatic rings. The smallest absolute Gasteiger partial charge is 0.324 e. The number of hydrogen-bond acceptors (Lipinski definition) is 4. The lowest BCUT2D eigenvalue weighted by Crippen LogP contribution is -2.54. The van der Waals surface area contributed by atoms with Gasteiger partial charge in [-0.05, 0) is 37.1 Å². The van der Waals surface area contributed by atoms with Crippen molar-refractivity contribution in [1.29, 1.82) is 0 Å². The van der Waals surface area contributed by atoms with E-state index >= 15 is 0 Å². The number of urea groups is 1. The van der Waals surface area contributed by atoms with E-state index < -0.39 is 11.6 Å². The molecule has 2 atom stereocenters. The Morgan fingerprint density at radius 1 is 1.36 bits per heavy atom. The number of amides is 4. The van der Waals surface area contributed by atoms with Crippen LogP contribution in [-0.2, 0) is 9.59 Å². The van der Waals surface area contributed by atoms with Crippen LogP contribution in [0.5, 0.6) is 0 Å². The number of carbonyl (C=O) groups is 3. The van der Waals surface area contributed by atoms with Crippen molar-refractivity contribution in [2.24, 2.45) is 5.92 Å². The van der Waals surface area contributed by atoms with Gasteiger partial charge in [0.15, 0.2) is 0 Å². The van der Waals surface area contributed by atoms with E-state index in [1.807, 2.05) is 31.4 Å². The molecule has 7 heteroatoms. The van der Waals surface area contributed by atoms with E-state index in [1.165, 1.54) is 11.8 Å². The average molecular weight is 361 g/mol. The minimum Gasteiger partial charge on any atom is -0.324 e. The Balaban J connectivity index is 1.71. The Kier molecular flexibility index (Phi) is 5.03.